The third-order valence-corrected chi connectivity index (χ3v) is 3.61. The van der Waals surface area contributed by atoms with E-state index in [0.29, 0.717) is 0 Å². The molecule has 19 heavy (non-hydrogen) atoms. The summed E-state index contributed by atoms with van der Waals surface area (Å²) in [7, 11) is 0. The van der Waals surface area contributed by atoms with Gasteiger partial charge in [0, 0.05) is 0 Å². The zero-order valence-corrected chi connectivity index (χ0v) is 12.9. The zero-order valence-electron chi connectivity index (χ0n) is 10.8. The Bertz CT molecular complexity index is 471. The number of para-hydroxylation sites is 1. The van der Waals surface area contributed by atoms with Crippen molar-refractivity contribution in [3.05, 3.63) is 52.0 Å². The van der Waals surface area contributed by atoms with Gasteiger partial charge in [-0.2, -0.15) is 0 Å². The standard InChI is InChI=1S/C15H18INO2/c16-14-7-1-2-8-15(14)19-10-4-3-9-17-12-13-6-5-11-18-13/h1-2,5-8,11,17H,3-4,9-10,12H2. The molecule has 4 heteroatoms. The Kier molecular flexibility index (Phi) is 6.23. The van der Waals surface area contributed by atoms with Crippen LogP contribution in [0.2, 0.25) is 0 Å². The number of halogens is 1. The SMILES string of the molecule is Ic1ccccc1OCCCCNCc1ccco1. The molecule has 0 aliphatic rings. The van der Waals surface area contributed by atoms with Crippen LogP contribution in [0.15, 0.2) is 47.1 Å². The van der Waals surface area contributed by atoms with Gasteiger partial charge in [0.2, 0.25) is 0 Å². The molecule has 2 rings (SSSR count). The van der Waals surface area contributed by atoms with Gasteiger partial charge in [-0.05, 0) is 66.2 Å². The summed E-state index contributed by atoms with van der Waals surface area (Å²) < 4.78 is 12.1. The maximum atomic E-state index is 5.74. The molecule has 1 aromatic carbocycles. The fourth-order valence-corrected chi connectivity index (χ4v) is 2.26. The second-order valence-electron chi connectivity index (χ2n) is 4.24. The predicted octanol–water partition coefficient (Wildman–Crippen LogP) is 3.83. The summed E-state index contributed by atoms with van der Waals surface area (Å²) in [4.78, 5) is 0. The van der Waals surface area contributed by atoms with Crippen molar-refractivity contribution < 1.29 is 9.15 Å². The van der Waals surface area contributed by atoms with E-state index in [4.69, 9.17) is 9.15 Å². The molecular formula is C15H18INO2. The molecule has 0 aliphatic heterocycles. The third kappa shape index (κ3) is 5.24. The van der Waals surface area contributed by atoms with Crippen LogP contribution in [-0.2, 0) is 6.54 Å². The summed E-state index contributed by atoms with van der Waals surface area (Å²) in [5.74, 6) is 1.96. The van der Waals surface area contributed by atoms with Crippen LogP contribution >= 0.6 is 22.6 Å². The highest BCUT2D eigenvalue weighted by atomic mass is 127. The van der Waals surface area contributed by atoms with Gasteiger partial charge in [0.1, 0.15) is 11.5 Å². The van der Waals surface area contributed by atoms with Crippen molar-refractivity contribution >= 4 is 22.6 Å². The molecule has 0 aliphatic carbocycles. The largest absolute Gasteiger partial charge is 0.492 e. The lowest BCUT2D eigenvalue weighted by molar-refractivity contribution is 0.303. The third-order valence-electron chi connectivity index (χ3n) is 2.72. The number of hydrogen-bond donors (Lipinski definition) is 1. The Morgan fingerprint density at radius 2 is 2.00 bits per heavy atom. The van der Waals surface area contributed by atoms with Crippen molar-refractivity contribution in [1.29, 1.82) is 0 Å². The highest BCUT2D eigenvalue weighted by Gasteiger charge is 1.98. The number of nitrogens with one attached hydrogen (secondary N) is 1. The molecule has 0 saturated heterocycles. The molecule has 0 fully saturated rings. The summed E-state index contributed by atoms with van der Waals surface area (Å²) in [5.41, 5.74) is 0. The van der Waals surface area contributed by atoms with Crippen molar-refractivity contribution in [2.75, 3.05) is 13.2 Å². The van der Waals surface area contributed by atoms with E-state index < -0.39 is 0 Å². The van der Waals surface area contributed by atoms with E-state index in [1.54, 1.807) is 6.26 Å². The van der Waals surface area contributed by atoms with E-state index >= 15 is 0 Å². The van der Waals surface area contributed by atoms with Crippen LogP contribution in [0.1, 0.15) is 18.6 Å². The maximum absolute atomic E-state index is 5.74. The molecule has 0 unspecified atom stereocenters. The first-order valence-electron chi connectivity index (χ1n) is 6.46. The van der Waals surface area contributed by atoms with E-state index in [2.05, 4.69) is 34.0 Å². The highest BCUT2D eigenvalue weighted by molar-refractivity contribution is 14.1. The van der Waals surface area contributed by atoms with Crippen LogP contribution in [0.25, 0.3) is 0 Å². The molecular weight excluding hydrogens is 353 g/mol. The second kappa shape index (κ2) is 8.22. The van der Waals surface area contributed by atoms with E-state index in [1.807, 2.05) is 30.3 Å². The quantitative estimate of drug-likeness (QED) is 0.566. The topological polar surface area (TPSA) is 34.4 Å². The van der Waals surface area contributed by atoms with Crippen LogP contribution in [0, 0.1) is 3.57 Å². The first kappa shape index (κ1) is 14.4. The zero-order chi connectivity index (χ0) is 13.3. The number of ether oxygens (including phenoxy) is 1. The number of rotatable bonds is 8. The smallest absolute Gasteiger partial charge is 0.132 e. The molecule has 102 valence electrons. The summed E-state index contributed by atoms with van der Waals surface area (Å²) >= 11 is 2.29. The summed E-state index contributed by atoms with van der Waals surface area (Å²) in [6.07, 6.45) is 3.85. The first-order valence-corrected chi connectivity index (χ1v) is 7.54. The minimum atomic E-state index is 0.766. The lowest BCUT2D eigenvalue weighted by atomic mass is 10.3. The van der Waals surface area contributed by atoms with E-state index in [-0.39, 0.29) is 0 Å². The van der Waals surface area contributed by atoms with Crippen LogP contribution in [0.4, 0.5) is 0 Å². The Balaban J connectivity index is 1.52. The van der Waals surface area contributed by atoms with Crippen molar-refractivity contribution in [3.63, 3.8) is 0 Å². The fraction of sp³-hybridized carbons (Fsp3) is 0.333. The van der Waals surface area contributed by atoms with Gasteiger partial charge in [0.05, 0.1) is 23.0 Å². The average molecular weight is 371 g/mol. The molecule has 0 amide bonds. The molecule has 0 bridgehead atoms. The molecule has 1 aromatic heterocycles. The van der Waals surface area contributed by atoms with Gasteiger partial charge in [-0.1, -0.05) is 12.1 Å². The minimum Gasteiger partial charge on any atom is -0.492 e. The molecule has 1 N–H and O–H groups in total. The molecule has 1 heterocycles. The lowest BCUT2D eigenvalue weighted by Crippen LogP contribution is -2.15. The Labute approximate surface area is 127 Å². The second-order valence-corrected chi connectivity index (χ2v) is 5.40. The number of unbranched alkanes of at least 4 members (excludes halogenated alkanes) is 1. The van der Waals surface area contributed by atoms with Gasteiger partial charge >= 0.3 is 0 Å². The Hall–Kier alpha value is -1.01. The van der Waals surface area contributed by atoms with Gasteiger partial charge in [-0.25, -0.2) is 0 Å². The number of furan rings is 1. The molecule has 0 atom stereocenters. The van der Waals surface area contributed by atoms with Crippen molar-refractivity contribution in [3.8, 4) is 5.75 Å². The van der Waals surface area contributed by atoms with E-state index in [0.717, 1.165) is 47.6 Å². The van der Waals surface area contributed by atoms with Crippen LogP contribution in [0.3, 0.4) is 0 Å². The minimum absolute atomic E-state index is 0.766. The first-order chi connectivity index (χ1) is 9.36. The van der Waals surface area contributed by atoms with Gasteiger partial charge in [-0.3, -0.25) is 0 Å². The molecule has 0 spiro atoms. The van der Waals surface area contributed by atoms with Crippen molar-refractivity contribution in [2.24, 2.45) is 0 Å². The summed E-state index contributed by atoms with van der Waals surface area (Å²) in [6, 6.07) is 12.0. The average Bonchev–Trinajstić information content (AvgIpc) is 2.93. The van der Waals surface area contributed by atoms with E-state index in [9.17, 15) is 0 Å². The number of benzene rings is 1. The monoisotopic (exact) mass is 371 g/mol. The molecule has 0 radical (unpaired) electrons. The normalized spacial score (nSPS) is 10.6. The lowest BCUT2D eigenvalue weighted by Gasteiger charge is -2.08. The molecule has 0 saturated carbocycles. The fourth-order valence-electron chi connectivity index (χ4n) is 1.72. The number of hydrogen-bond acceptors (Lipinski definition) is 3. The van der Waals surface area contributed by atoms with Crippen LogP contribution in [-0.4, -0.2) is 13.2 Å². The maximum Gasteiger partial charge on any atom is 0.132 e. The summed E-state index contributed by atoms with van der Waals surface area (Å²) in [5, 5.41) is 3.35. The van der Waals surface area contributed by atoms with Gasteiger partial charge in [-0.15, -0.1) is 0 Å². The molecule has 2 aromatic rings. The van der Waals surface area contributed by atoms with Gasteiger partial charge < -0.3 is 14.5 Å². The van der Waals surface area contributed by atoms with Crippen LogP contribution < -0.4 is 10.1 Å². The van der Waals surface area contributed by atoms with Crippen molar-refractivity contribution in [2.45, 2.75) is 19.4 Å². The van der Waals surface area contributed by atoms with E-state index in [1.165, 1.54) is 0 Å². The predicted molar refractivity (Wildman–Crippen MR) is 84.3 cm³/mol. The highest BCUT2D eigenvalue weighted by Crippen LogP contribution is 2.19. The van der Waals surface area contributed by atoms with Crippen molar-refractivity contribution in [1.82, 2.24) is 5.32 Å². The molecule has 3 nitrogen and oxygen atoms in total. The van der Waals surface area contributed by atoms with Gasteiger partial charge in [0.15, 0.2) is 0 Å². The van der Waals surface area contributed by atoms with Gasteiger partial charge in [0.25, 0.3) is 0 Å². The van der Waals surface area contributed by atoms with Crippen LogP contribution in [0.5, 0.6) is 5.75 Å². The Morgan fingerprint density at radius 1 is 1.11 bits per heavy atom. The summed E-state index contributed by atoms with van der Waals surface area (Å²) in [6.45, 7) is 2.54. The Morgan fingerprint density at radius 3 is 2.79 bits per heavy atom.